The minimum atomic E-state index is 1.01. The molecule has 0 amide bonds. The van der Waals surface area contributed by atoms with Crippen molar-refractivity contribution in [2.24, 2.45) is 0 Å². The van der Waals surface area contributed by atoms with Crippen LogP contribution in [0.3, 0.4) is 0 Å². The zero-order chi connectivity index (χ0) is 5.98. The second kappa shape index (κ2) is 2.52. The van der Waals surface area contributed by atoms with Gasteiger partial charge in [-0.1, -0.05) is 12.1 Å². The lowest BCUT2D eigenvalue weighted by Crippen LogP contribution is -1.85. The molecule has 1 aromatic rings. The highest BCUT2D eigenvalue weighted by Gasteiger charge is 1.81. The largest absolute Gasteiger partial charge is 0.143 e. The van der Waals surface area contributed by atoms with Crippen LogP contribution in [0.15, 0.2) is 29.2 Å². The first-order valence-corrected chi connectivity index (χ1v) is 3.36. The van der Waals surface area contributed by atoms with Crippen molar-refractivity contribution in [2.45, 2.75) is 4.90 Å². The van der Waals surface area contributed by atoms with Gasteiger partial charge in [0.1, 0.15) is 0 Å². The molecule has 2 heteroatoms. The maximum Gasteiger partial charge on any atom is 0.00461 e. The Morgan fingerprint density at radius 2 is 2.12 bits per heavy atom. The molecule has 0 saturated carbocycles. The van der Waals surface area contributed by atoms with Gasteiger partial charge in [-0.2, -0.15) is 0 Å². The number of rotatable bonds is 0. The topological polar surface area (TPSA) is 0 Å². The Morgan fingerprint density at radius 1 is 1.38 bits per heavy atom. The molecule has 0 aliphatic carbocycles. The van der Waals surface area contributed by atoms with Crippen molar-refractivity contribution in [3.8, 4) is 0 Å². The van der Waals surface area contributed by atoms with E-state index in [-0.39, 0.29) is 0 Å². The zero-order valence-electron chi connectivity index (χ0n) is 4.33. The Morgan fingerprint density at radius 3 is 2.50 bits per heavy atom. The Balaban J connectivity index is 3.08. The molecular weight excluding hydrogens is 135 g/mol. The number of thiol groups is 1. The normalized spacial score (nSPS) is 9.25. The van der Waals surface area contributed by atoms with Gasteiger partial charge in [-0.25, -0.2) is 0 Å². The van der Waals surface area contributed by atoms with Gasteiger partial charge in [-0.3, -0.25) is 0 Å². The van der Waals surface area contributed by atoms with E-state index in [1.165, 1.54) is 5.30 Å². The molecule has 0 bridgehead atoms. The van der Waals surface area contributed by atoms with Crippen molar-refractivity contribution in [3.63, 3.8) is 0 Å². The van der Waals surface area contributed by atoms with Crippen LogP contribution in [0.4, 0.5) is 0 Å². The quantitative estimate of drug-likeness (QED) is 0.411. The lowest BCUT2D eigenvalue weighted by atomic mass is 10.4. The summed E-state index contributed by atoms with van der Waals surface area (Å²) in [5.74, 6) is 0. The van der Waals surface area contributed by atoms with Crippen molar-refractivity contribution in [1.82, 2.24) is 0 Å². The minimum Gasteiger partial charge on any atom is -0.143 e. The standard InChI is InChI=1S/C6H7PS/c7-5-2-1-3-6(8)4-5/h1-4,8H,7H2. The number of hydrogen-bond donors (Lipinski definition) is 1. The summed E-state index contributed by atoms with van der Waals surface area (Å²) in [6.45, 7) is 0. The van der Waals surface area contributed by atoms with Gasteiger partial charge < -0.3 is 0 Å². The average molecular weight is 142 g/mol. The summed E-state index contributed by atoms with van der Waals surface area (Å²) in [6.07, 6.45) is 0. The van der Waals surface area contributed by atoms with Crippen molar-refractivity contribution in [2.75, 3.05) is 0 Å². The van der Waals surface area contributed by atoms with Crippen molar-refractivity contribution >= 4 is 27.2 Å². The third-order valence-corrected chi connectivity index (χ3v) is 1.51. The van der Waals surface area contributed by atoms with Crippen LogP contribution in [-0.4, -0.2) is 0 Å². The van der Waals surface area contributed by atoms with E-state index in [4.69, 9.17) is 0 Å². The van der Waals surface area contributed by atoms with E-state index in [0.29, 0.717) is 0 Å². The van der Waals surface area contributed by atoms with Crippen LogP contribution in [0.1, 0.15) is 0 Å². The van der Waals surface area contributed by atoms with E-state index in [9.17, 15) is 0 Å². The number of benzene rings is 1. The van der Waals surface area contributed by atoms with Crippen molar-refractivity contribution < 1.29 is 0 Å². The molecule has 8 heavy (non-hydrogen) atoms. The van der Waals surface area contributed by atoms with E-state index < -0.39 is 0 Å². The molecular formula is C6H7PS. The first-order valence-electron chi connectivity index (χ1n) is 2.33. The van der Waals surface area contributed by atoms with E-state index in [1.54, 1.807) is 0 Å². The first-order chi connectivity index (χ1) is 3.79. The summed E-state index contributed by atoms with van der Waals surface area (Å²) in [5.41, 5.74) is 0. The maximum absolute atomic E-state index is 4.14. The van der Waals surface area contributed by atoms with Crippen molar-refractivity contribution in [3.05, 3.63) is 24.3 Å². The summed E-state index contributed by atoms with van der Waals surface area (Å²) in [6, 6.07) is 7.94. The summed E-state index contributed by atoms with van der Waals surface area (Å²) in [4.78, 5) is 1.01. The van der Waals surface area contributed by atoms with Gasteiger partial charge in [-0.05, 0) is 17.4 Å². The van der Waals surface area contributed by atoms with E-state index in [1.807, 2.05) is 24.3 Å². The SMILES string of the molecule is Pc1cccc(S)c1. The zero-order valence-corrected chi connectivity index (χ0v) is 6.38. The predicted molar refractivity (Wildman–Crippen MR) is 43.0 cm³/mol. The van der Waals surface area contributed by atoms with Gasteiger partial charge in [0.25, 0.3) is 0 Å². The summed E-state index contributed by atoms with van der Waals surface area (Å²) < 4.78 is 0. The van der Waals surface area contributed by atoms with E-state index in [0.717, 1.165) is 4.90 Å². The highest BCUT2D eigenvalue weighted by atomic mass is 32.1. The van der Waals surface area contributed by atoms with Gasteiger partial charge in [0.2, 0.25) is 0 Å². The molecule has 1 aromatic carbocycles. The first kappa shape index (κ1) is 6.12. The van der Waals surface area contributed by atoms with Gasteiger partial charge in [0, 0.05) is 4.90 Å². The van der Waals surface area contributed by atoms with Crippen LogP contribution in [0, 0.1) is 0 Å². The fourth-order valence-electron chi connectivity index (χ4n) is 0.525. The van der Waals surface area contributed by atoms with Gasteiger partial charge >= 0.3 is 0 Å². The summed E-state index contributed by atoms with van der Waals surface area (Å²) in [7, 11) is 2.61. The van der Waals surface area contributed by atoms with Crippen molar-refractivity contribution in [1.29, 1.82) is 0 Å². The molecule has 0 saturated heterocycles. The van der Waals surface area contributed by atoms with Crippen LogP contribution in [0.25, 0.3) is 0 Å². The Hall–Kier alpha value is -0.0000000000000000555. The highest BCUT2D eigenvalue weighted by Crippen LogP contribution is 2.02. The third-order valence-electron chi connectivity index (χ3n) is 0.870. The fraction of sp³-hybridized carbons (Fsp3) is 0. The molecule has 0 aliphatic rings. The minimum absolute atomic E-state index is 1.01. The second-order valence-electron chi connectivity index (χ2n) is 1.59. The predicted octanol–water partition coefficient (Wildman–Crippen LogP) is 1.48. The molecule has 0 spiro atoms. The van der Waals surface area contributed by atoms with Gasteiger partial charge in [0.05, 0.1) is 0 Å². The molecule has 1 unspecified atom stereocenters. The highest BCUT2D eigenvalue weighted by molar-refractivity contribution is 7.80. The Bertz CT molecular complexity index is 168. The second-order valence-corrected chi connectivity index (χ2v) is 2.78. The molecule has 42 valence electrons. The Kier molecular flexibility index (Phi) is 1.93. The third kappa shape index (κ3) is 1.50. The van der Waals surface area contributed by atoms with Gasteiger partial charge in [-0.15, -0.1) is 21.9 Å². The molecule has 1 rings (SSSR count). The van der Waals surface area contributed by atoms with Crippen LogP contribution in [-0.2, 0) is 0 Å². The molecule has 0 aliphatic heterocycles. The molecule has 0 heterocycles. The Labute approximate surface area is 56.9 Å². The number of hydrogen-bond acceptors (Lipinski definition) is 1. The summed E-state index contributed by atoms with van der Waals surface area (Å²) >= 11 is 4.14. The van der Waals surface area contributed by atoms with Gasteiger partial charge in [0.15, 0.2) is 0 Å². The van der Waals surface area contributed by atoms with Crippen LogP contribution >= 0.6 is 21.9 Å². The fourth-order valence-corrected chi connectivity index (χ4v) is 1.19. The van der Waals surface area contributed by atoms with Crippen LogP contribution < -0.4 is 5.30 Å². The molecule has 0 N–H and O–H groups in total. The van der Waals surface area contributed by atoms with Crippen LogP contribution in [0.2, 0.25) is 0 Å². The molecule has 0 aromatic heterocycles. The lowest BCUT2D eigenvalue weighted by molar-refractivity contribution is 1.51. The van der Waals surface area contributed by atoms with Crippen LogP contribution in [0.5, 0.6) is 0 Å². The molecule has 0 radical (unpaired) electrons. The molecule has 0 fully saturated rings. The monoisotopic (exact) mass is 142 g/mol. The molecule has 0 nitrogen and oxygen atoms in total. The maximum atomic E-state index is 4.14. The summed E-state index contributed by atoms with van der Waals surface area (Å²) in [5, 5.41) is 1.18. The van der Waals surface area contributed by atoms with E-state index in [2.05, 4.69) is 21.9 Å². The van der Waals surface area contributed by atoms with E-state index >= 15 is 0 Å². The smallest absolute Gasteiger partial charge is 0.00461 e. The molecule has 1 atom stereocenters. The lowest BCUT2D eigenvalue weighted by Gasteiger charge is -1.89. The average Bonchev–Trinajstić information content (AvgIpc) is 1.64.